The van der Waals surface area contributed by atoms with Gasteiger partial charge >= 0.3 is 0 Å². The molecule has 0 aliphatic carbocycles. The summed E-state index contributed by atoms with van der Waals surface area (Å²) >= 11 is 3.36. The molecule has 0 atom stereocenters. The third-order valence-corrected chi connectivity index (χ3v) is 9.46. The average Bonchev–Trinajstić information content (AvgIpc) is 3.46. The van der Waals surface area contributed by atoms with Crippen molar-refractivity contribution in [2.45, 2.75) is 16.0 Å². The lowest BCUT2D eigenvalue weighted by molar-refractivity contribution is 0.209. The highest BCUT2D eigenvalue weighted by Gasteiger charge is 2.34. The van der Waals surface area contributed by atoms with Gasteiger partial charge in [-0.3, -0.25) is 4.90 Å². The van der Waals surface area contributed by atoms with Gasteiger partial charge in [-0.15, -0.1) is 0 Å². The summed E-state index contributed by atoms with van der Waals surface area (Å²) < 4.78 is 49.2. The van der Waals surface area contributed by atoms with E-state index in [0.29, 0.717) is 26.2 Å². The summed E-state index contributed by atoms with van der Waals surface area (Å²) in [6.07, 6.45) is 0. The summed E-state index contributed by atoms with van der Waals surface area (Å²) in [6.45, 7) is 2.32. The molecule has 0 N–H and O–H groups in total. The zero-order chi connectivity index (χ0) is 28.4. The highest BCUT2D eigenvalue weighted by atomic mass is 79.9. The lowest BCUT2D eigenvalue weighted by Gasteiger charge is -2.39. The molecule has 0 saturated carbocycles. The van der Waals surface area contributed by atoms with Gasteiger partial charge in [-0.05, 0) is 47.5 Å². The summed E-state index contributed by atoms with van der Waals surface area (Å²) in [6, 6.07) is 33.2. The van der Waals surface area contributed by atoms with Crippen LogP contribution in [0, 0.1) is 5.82 Å². The van der Waals surface area contributed by atoms with E-state index in [-0.39, 0.29) is 33.3 Å². The van der Waals surface area contributed by atoms with Gasteiger partial charge in [-0.25, -0.2) is 12.8 Å². The monoisotopic (exact) mass is 631 g/mol. The minimum absolute atomic E-state index is 0.0502. The zero-order valence-electron chi connectivity index (χ0n) is 22.0. The van der Waals surface area contributed by atoms with E-state index in [1.165, 1.54) is 35.4 Å². The van der Waals surface area contributed by atoms with Crippen LogP contribution in [0.15, 0.2) is 128 Å². The van der Waals surface area contributed by atoms with E-state index in [2.05, 4.69) is 50.1 Å². The Kier molecular flexibility index (Phi) is 7.75. The molecule has 9 heteroatoms. The molecule has 208 valence electrons. The van der Waals surface area contributed by atoms with E-state index in [0.717, 1.165) is 4.47 Å². The molecule has 1 fully saturated rings. The molecule has 1 saturated heterocycles. The van der Waals surface area contributed by atoms with Crippen LogP contribution in [-0.4, -0.2) is 44.5 Å². The number of halogens is 2. The normalized spacial score (nSPS) is 14.5. The molecular formula is C32H27BrFN3O3S. The SMILES string of the molecule is O=S(=O)(c1ccc(Br)cc1)c1nc(-c2ccccc2F)oc1N1CCN(C(c2ccccc2)c2ccccc2)CC1. The largest absolute Gasteiger partial charge is 0.419 e. The van der Waals surface area contributed by atoms with E-state index in [9.17, 15) is 12.8 Å². The van der Waals surface area contributed by atoms with Crippen molar-refractivity contribution in [2.24, 2.45) is 0 Å². The number of hydrogen-bond donors (Lipinski definition) is 0. The molecule has 0 radical (unpaired) electrons. The van der Waals surface area contributed by atoms with E-state index in [1.807, 2.05) is 41.3 Å². The molecule has 0 bridgehead atoms. The molecule has 5 aromatic rings. The standard InChI is InChI=1S/C32H27BrFN3O3S/c33-25-15-17-26(18-16-25)41(38,39)31-32(40-30(35-31)27-13-7-8-14-28(27)34)37-21-19-36(20-22-37)29(23-9-3-1-4-10-23)24-11-5-2-6-12-24/h1-18,29H,19-22H2. The number of anilines is 1. The van der Waals surface area contributed by atoms with Gasteiger partial charge in [0.1, 0.15) is 5.82 Å². The van der Waals surface area contributed by atoms with Crippen LogP contribution in [0.2, 0.25) is 0 Å². The van der Waals surface area contributed by atoms with Crippen LogP contribution in [0.25, 0.3) is 11.5 Å². The Balaban J connectivity index is 1.35. The Bertz CT molecular complexity index is 1700. The van der Waals surface area contributed by atoms with Gasteiger partial charge in [0, 0.05) is 30.7 Å². The maximum Gasteiger partial charge on any atom is 0.236 e. The van der Waals surface area contributed by atoms with Gasteiger partial charge in [-0.1, -0.05) is 88.7 Å². The van der Waals surface area contributed by atoms with E-state index in [1.54, 1.807) is 24.3 Å². The van der Waals surface area contributed by atoms with Crippen molar-refractivity contribution in [3.8, 4) is 11.5 Å². The number of sulfone groups is 1. The summed E-state index contributed by atoms with van der Waals surface area (Å²) in [5, 5.41) is -0.214. The van der Waals surface area contributed by atoms with Crippen molar-refractivity contribution in [2.75, 3.05) is 31.1 Å². The molecule has 0 amide bonds. The van der Waals surface area contributed by atoms with Crippen LogP contribution in [0.5, 0.6) is 0 Å². The second kappa shape index (κ2) is 11.6. The molecular weight excluding hydrogens is 605 g/mol. The fourth-order valence-electron chi connectivity index (χ4n) is 5.22. The van der Waals surface area contributed by atoms with Crippen molar-refractivity contribution in [1.29, 1.82) is 0 Å². The Morgan fingerprint density at radius 2 is 1.32 bits per heavy atom. The topological polar surface area (TPSA) is 66.7 Å². The molecule has 1 aliphatic rings. The molecule has 2 heterocycles. The molecule has 41 heavy (non-hydrogen) atoms. The third kappa shape index (κ3) is 5.57. The lowest BCUT2D eigenvalue weighted by Crippen LogP contribution is -2.48. The first-order chi connectivity index (χ1) is 19.9. The number of aromatic nitrogens is 1. The highest BCUT2D eigenvalue weighted by Crippen LogP contribution is 2.37. The smallest absolute Gasteiger partial charge is 0.236 e. The van der Waals surface area contributed by atoms with Crippen LogP contribution >= 0.6 is 15.9 Å². The van der Waals surface area contributed by atoms with Crippen LogP contribution in [-0.2, 0) is 9.84 Å². The quantitative estimate of drug-likeness (QED) is 0.193. The van der Waals surface area contributed by atoms with E-state index in [4.69, 9.17) is 4.42 Å². The fraction of sp³-hybridized carbons (Fsp3) is 0.156. The zero-order valence-corrected chi connectivity index (χ0v) is 24.4. The van der Waals surface area contributed by atoms with Crippen molar-refractivity contribution in [3.63, 3.8) is 0 Å². The lowest BCUT2D eigenvalue weighted by atomic mass is 9.96. The maximum atomic E-state index is 14.7. The summed E-state index contributed by atoms with van der Waals surface area (Å²) in [4.78, 5) is 8.74. The summed E-state index contributed by atoms with van der Waals surface area (Å²) in [5.74, 6) is -0.476. The molecule has 1 aromatic heterocycles. The number of rotatable bonds is 7. The molecule has 4 aromatic carbocycles. The first-order valence-corrected chi connectivity index (χ1v) is 15.5. The predicted molar refractivity (Wildman–Crippen MR) is 160 cm³/mol. The van der Waals surface area contributed by atoms with E-state index >= 15 is 0 Å². The predicted octanol–water partition coefficient (Wildman–Crippen LogP) is 6.99. The average molecular weight is 633 g/mol. The van der Waals surface area contributed by atoms with Crippen LogP contribution in [0.1, 0.15) is 17.2 Å². The van der Waals surface area contributed by atoms with Crippen molar-refractivity contribution in [1.82, 2.24) is 9.88 Å². The number of hydrogen-bond acceptors (Lipinski definition) is 6. The minimum Gasteiger partial charge on any atom is -0.419 e. The van der Waals surface area contributed by atoms with Crippen LogP contribution in [0.4, 0.5) is 10.3 Å². The van der Waals surface area contributed by atoms with Crippen molar-refractivity contribution < 1.29 is 17.2 Å². The summed E-state index contributed by atoms with van der Waals surface area (Å²) in [7, 11) is -4.05. The maximum absolute atomic E-state index is 14.7. The van der Waals surface area contributed by atoms with Gasteiger partial charge in [0.05, 0.1) is 16.5 Å². The Morgan fingerprint density at radius 1 is 0.756 bits per heavy atom. The molecule has 6 nitrogen and oxygen atoms in total. The van der Waals surface area contributed by atoms with E-state index < -0.39 is 15.7 Å². The minimum atomic E-state index is -4.05. The first kappa shape index (κ1) is 27.4. The van der Waals surface area contributed by atoms with Crippen LogP contribution < -0.4 is 4.90 Å². The summed E-state index contributed by atoms with van der Waals surface area (Å²) in [5.41, 5.74) is 2.48. The molecule has 6 rings (SSSR count). The molecule has 0 spiro atoms. The third-order valence-electron chi connectivity index (χ3n) is 7.26. The number of oxazole rings is 1. The van der Waals surface area contributed by atoms with Gasteiger partial charge in [0.15, 0.2) is 0 Å². The second-order valence-electron chi connectivity index (χ2n) is 9.81. The fourth-order valence-corrected chi connectivity index (χ4v) is 6.80. The Labute approximate surface area is 247 Å². The van der Waals surface area contributed by atoms with Crippen molar-refractivity contribution in [3.05, 3.63) is 131 Å². The van der Waals surface area contributed by atoms with Gasteiger partial charge < -0.3 is 9.32 Å². The molecule has 0 unspecified atom stereocenters. The Hall–Kier alpha value is -3.79. The Morgan fingerprint density at radius 3 is 1.90 bits per heavy atom. The van der Waals surface area contributed by atoms with Crippen LogP contribution in [0.3, 0.4) is 0 Å². The first-order valence-electron chi connectivity index (χ1n) is 13.3. The molecule has 1 aliphatic heterocycles. The number of piperazine rings is 1. The van der Waals surface area contributed by atoms with Gasteiger partial charge in [0.25, 0.3) is 0 Å². The number of nitrogens with zero attached hydrogens (tertiary/aromatic N) is 3. The van der Waals surface area contributed by atoms with Gasteiger partial charge in [-0.2, -0.15) is 4.98 Å². The second-order valence-corrected chi connectivity index (χ2v) is 12.6. The number of benzene rings is 4. The van der Waals surface area contributed by atoms with Crippen molar-refractivity contribution >= 4 is 31.7 Å². The highest BCUT2D eigenvalue weighted by molar-refractivity contribution is 9.10. The van der Waals surface area contributed by atoms with Gasteiger partial charge in [0.2, 0.25) is 26.6 Å².